The Morgan fingerprint density at radius 2 is 2.10 bits per heavy atom. The standard InChI is InChI=1S/C17H19ClFN5O6/c18-10-2-1-9(5-11(10)19)6-12(21-28)15-16(23-30-22-15)29-4-3-20-17(27)24-7-13(25)14(26)8-24/h1-2,5,13-14,25-26,28H,3-4,6-8H2,(H,20,27)/t13-,14+. The maximum absolute atomic E-state index is 13.6. The molecule has 0 bridgehead atoms. The van der Waals surface area contributed by atoms with Crippen LogP contribution >= 0.6 is 11.6 Å². The van der Waals surface area contributed by atoms with Gasteiger partial charge in [0.15, 0.2) is 5.69 Å². The van der Waals surface area contributed by atoms with Crippen molar-refractivity contribution in [1.29, 1.82) is 0 Å². The van der Waals surface area contributed by atoms with Crippen LogP contribution in [0.4, 0.5) is 9.18 Å². The minimum Gasteiger partial charge on any atom is -0.472 e. The molecule has 11 nitrogen and oxygen atoms in total. The number of aliphatic hydroxyl groups is 2. The number of likely N-dealkylation sites (tertiary alicyclic amines) is 1. The monoisotopic (exact) mass is 443 g/mol. The molecule has 0 spiro atoms. The summed E-state index contributed by atoms with van der Waals surface area (Å²) in [6, 6.07) is 3.67. The topological polar surface area (TPSA) is 154 Å². The van der Waals surface area contributed by atoms with Gasteiger partial charge in [0.05, 0.1) is 36.9 Å². The van der Waals surface area contributed by atoms with Gasteiger partial charge in [0.25, 0.3) is 5.88 Å². The second kappa shape index (κ2) is 9.69. The number of carbonyl (C=O) groups is 1. The first-order valence-electron chi connectivity index (χ1n) is 8.88. The third-order valence-corrected chi connectivity index (χ3v) is 4.68. The number of oxime groups is 1. The minimum atomic E-state index is -0.971. The number of amides is 2. The highest BCUT2D eigenvalue weighted by molar-refractivity contribution is 6.30. The molecule has 1 aliphatic heterocycles. The maximum atomic E-state index is 13.6. The number of benzene rings is 1. The Balaban J connectivity index is 1.53. The van der Waals surface area contributed by atoms with Crippen LogP contribution in [-0.4, -0.2) is 80.8 Å². The van der Waals surface area contributed by atoms with E-state index in [9.17, 15) is 24.6 Å². The van der Waals surface area contributed by atoms with E-state index in [-0.39, 0.29) is 55.0 Å². The lowest BCUT2D eigenvalue weighted by atomic mass is 10.1. The van der Waals surface area contributed by atoms with Gasteiger partial charge < -0.3 is 30.4 Å². The number of halogens is 2. The zero-order valence-electron chi connectivity index (χ0n) is 15.5. The minimum absolute atomic E-state index is 0.00547. The molecule has 2 heterocycles. The summed E-state index contributed by atoms with van der Waals surface area (Å²) in [6.07, 6.45) is -1.94. The molecule has 1 aromatic heterocycles. The Bertz CT molecular complexity index is 916. The number of urea groups is 1. The second-order valence-electron chi connectivity index (χ2n) is 6.51. The predicted molar refractivity (Wildman–Crippen MR) is 100 cm³/mol. The van der Waals surface area contributed by atoms with E-state index in [4.69, 9.17) is 16.3 Å². The van der Waals surface area contributed by atoms with Crippen molar-refractivity contribution in [2.24, 2.45) is 5.16 Å². The van der Waals surface area contributed by atoms with Crippen LogP contribution in [0.15, 0.2) is 28.0 Å². The summed E-state index contributed by atoms with van der Waals surface area (Å²) < 4.78 is 23.6. The SMILES string of the molecule is O=C(NCCOc1nonc1C(Cc1ccc(Cl)c(F)c1)=NO)N1C[C@@H](O)[C@@H](O)C1. The van der Waals surface area contributed by atoms with Crippen molar-refractivity contribution in [3.05, 3.63) is 40.3 Å². The van der Waals surface area contributed by atoms with Crippen LogP contribution in [0.5, 0.6) is 5.88 Å². The fourth-order valence-corrected chi connectivity index (χ4v) is 2.93. The van der Waals surface area contributed by atoms with Crippen molar-refractivity contribution in [2.45, 2.75) is 18.6 Å². The Hall–Kier alpha value is -2.96. The first-order valence-corrected chi connectivity index (χ1v) is 9.26. The van der Waals surface area contributed by atoms with Gasteiger partial charge in [-0.2, -0.15) is 0 Å². The maximum Gasteiger partial charge on any atom is 0.317 e. The molecule has 1 aromatic carbocycles. The number of hydrogen-bond donors (Lipinski definition) is 4. The lowest BCUT2D eigenvalue weighted by Crippen LogP contribution is -2.40. The molecule has 4 N–H and O–H groups in total. The molecule has 0 unspecified atom stereocenters. The first kappa shape index (κ1) is 21.7. The summed E-state index contributed by atoms with van der Waals surface area (Å²) in [5.41, 5.74) is 0.517. The number of ether oxygens (including phenoxy) is 1. The summed E-state index contributed by atoms with van der Waals surface area (Å²) >= 11 is 5.66. The van der Waals surface area contributed by atoms with E-state index < -0.39 is 24.1 Å². The smallest absolute Gasteiger partial charge is 0.317 e. The molecule has 3 rings (SSSR count). The van der Waals surface area contributed by atoms with Crippen molar-refractivity contribution >= 4 is 23.3 Å². The molecule has 30 heavy (non-hydrogen) atoms. The number of rotatable bonds is 7. The van der Waals surface area contributed by atoms with E-state index in [0.717, 1.165) is 0 Å². The van der Waals surface area contributed by atoms with Crippen LogP contribution in [0.2, 0.25) is 5.02 Å². The van der Waals surface area contributed by atoms with Crippen LogP contribution in [-0.2, 0) is 6.42 Å². The van der Waals surface area contributed by atoms with Gasteiger partial charge in [-0.3, -0.25) is 0 Å². The molecule has 0 aliphatic carbocycles. The van der Waals surface area contributed by atoms with Gasteiger partial charge in [0.2, 0.25) is 0 Å². The van der Waals surface area contributed by atoms with E-state index in [1.165, 1.54) is 17.0 Å². The zero-order chi connectivity index (χ0) is 21.7. The number of carbonyl (C=O) groups excluding carboxylic acids is 1. The number of nitrogens with zero attached hydrogens (tertiary/aromatic N) is 4. The molecule has 0 saturated carbocycles. The Morgan fingerprint density at radius 3 is 2.77 bits per heavy atom. The van der Waals surface area contributed by atoms with E-state index in [1.54, 1.807) is 6.07 Å². The molecule has 1 aliphatic rings. The molecule has 2 amide bonds. The van der Waals surface area contributed by atoms with Gasteiger partial charge >= 0.3 is 6.03 Å². The van der Waals surface area contributed by atoms with Gasteiger partial charge in [-0.05, 0) is 28.0 Å². The highest BCUT2D eigenvalue weighted by Crippen LogP contribution is 2.20. The molecule has 162 valence electrons. The lowest BCUT2D eigenvalue weighted by molar-refractivity contribution is 0.0572. The highest BCUT2D eigenvalue weighted by atomic mass is 35.5. The molecular weight excluding hydrogens is 425 g/mol. The van der Waals surface area contributed by atoms with Crippen molar-refractivity contribution in [2.75, 3.05) is 26.2 Å². The predicted octanol–water partition coefficient (Wildman–Crippen LogP) is 0.409. The molecule has 2 aromatic rings. The molecule has 2 atom stereocenters. The quantitative estimate of drug-likeness (QED) is 0.208. The number of aromatic nitrogens is 2. The summed E-state index contributed by atoms with van der Waals surface area (Å²) in [4.78, 5) is 13.3. The summed E-state index contributed by atoms with van der Waals surface area (Å²) in [5.74, 6) is -0.687. The molecule has 1 fully saturated rings. The van der Waals surface area contributed by atoms with E-state index in [1.807, 2.05) is 0 Å². The van der Waals surface area contributed by atoms with Crippen molar-refractivity contribution < 1.29 is 34.0 Å². The van der Waals surface area contributed by atoms with Gasteiger partial charge in [-0.1, -0.05) is 22.8 Å². The van der Waals surface area contributed by atoms with Crippen LogP contribution in [0.25, 0.3) is 0 Å². The lowest BCUT2D eigenvalue weighted by Gasteiger charge is -2.16. The molecular formula is C17H19ClFN5O6. The number of nitrogens with one attached hydrogen (secondary N) is 1. The van der Waals surface area contributed by atoms with Gasteiger partial charge in [-0.25, -0.2) is 13.8 Å². The number of hydrogen-bond acceptors (Lipinski definition) is 9. The second-order valence-corrected chi connectivity index (χ2v) is 6.92. The molecule has 0 radical (unpaired) electrons. The third-order valence-electron chi connectivity index (χ3n) is 4.37. The molecule has 13 heteroatoms. The van der Waals surface area contributed by atoms with Gasteiger partial charge in [0, 0.05) is 6.42 Å². The van der Waals surface area contributed by atoms with E-state index in [2.05, 4.69) is 25.4 Å². The average molecular weight is 444 g/mol. The van der Waals surface area contributed by atoms with Crippen molar-refractivity contribution in [3.63, 3.8) is 0 Å². The Kier molecular flexibility index (Phi) is 7.03. The normalized spacial score (nSPS) is 19.2. The molecule has 1 saturated heterocycles. The number of β-amino-alcohol motifs (C(OH)–C–C–N with tert-alkyl or cyclic N) is 2. The summed E-state index contributed by atoms with van der Waals surface area (Å²) in [5, 5.41) is 41.2. The third kappa shape index (κ3) is 5.14. The van der Waals surface area contributed by atoms with Crippen LogP contribution in [0.3, 0.4) is 0 Å². The first-order chi connectivity index (χ1) is 14.4. The largest absolute Gasteiger partial charge is 0.472 e. The van der Waals surface area contributed by atoms with Crippen LogP contribution in [0.1, 0.15) is 11.3 Å². The van der Waals surface area contributed by atoms with Crippen LogP contribution in [0, 0.1) is 5.82 Å². The van der Waals surface area contributed by atoms with Crippen molar-refractivity contribution in [3.8, 4) is 5.88 Å². The number of aliphatic hydroxyl groups excluding tert-OH is 2. The van der Waals surface area contributed by atoms with Crippen molar-refractivity contribution in [1.82, 2.24) is 20.5 Å². The zero-order valence-corrected chi connectivity index (χ0v) is 16.3. The Labute approximate surface area is 174 Å². The fraction of sp³-hybridized carbons (Fsp3) is 0.412. The van der Waals surface area contributed by atoms with Gasteiger partial charge in [-0.15, -0.1) is 0 Å². The van der Waals surface area contributed by atoms with E-state index in [0.29, 0.717) is 5.56 Å². The summed E-state index contributed by atoms with van der Waals surface area (Å²) in [6.45, 7) is 0.141. The highest BCUT2D eigenvalue weighted by Gasteiger charge is 2.32. The van der Waals surface area contributed by atoms with E-state index >= 15 is 0 Å². The van der Waals surface area contributed by atoms with Gasteiger partial charge in [0.1, 0.15) is 18.1 Å². The average Bonchev–Trinajstić information content (AvgIpc) is 3.32. The van der Waals surface area contributed by atoms with Crippen LogP contribution < -0.4 is 10.1 Å². The summed E-state index contributed by atoms with van der Waals surface area (Å²) in [7, 11) is 0. The Morgan fingerprint density at radius 1 is 1.37 bits per heavy atom. The fourth-order valence-electron chi connectivity index (χ4n) is 2.81.